The van der Waals surface area contributed by atoms with Crippen LogP contribution in [0.4, 0.5) is 0 Å². The van der Waals surface area contributed by atoms with Crippen molar-refractivity contribution >= 4 is 17.4 Å². The number of hydrogen-bond acceptors (Lipinski definition) is 6. The van der Waals surface area contributed by atoms with Crippen molar-refractivity contribution in [2.24, 2.45) is 0 Å². The van der Waals surface area contributed by atoms with Crippen molar-refractivity contribution in [1.82, 2.24) is 4.90 Å². The fourth-order valence-corrected chi connectivity index (χ4v) is 4.56. The van der Waals surface area contributed by atoms with Crippen molar-refractivity contribution in [2.75, 3.05) is 53.6 Å². The van der Waals surface area contributed by atoms with Crippen LogP contribution in [-0.2, 0) is 14.3 Å². The van der Waals surface area contributed by atoms with E-state index in [1.807, 2.05) is 0 Å². The van der Waals surface area contributed by atoms with Gasteiger partial charge in [-0.2, -0.15) is 0 Å². The first-order valence-corrected chi connectivity index (χ1v) is 11.5. The summed E-state index contributed by atoms with van der Waals surface area (Å²) in [5, 5.41) is 13.5. The fraction of sp³-hybridized carbons (Fsp3) is 0.385. The van der Waals surface area contributed by atoms with Crippen molar-refractivity contribution < 1.29 is 33.8 Å². The summed E-state index contributed by atoms with van der Waals surface area (Å²) in [6.07, 6.45) is 0.724. The van der Waals surface area contributed by atoms with E-state index in [2.05, 4.69) is 0 Å². The molecule has 2 saturated heterocycles. The van der Waals surface area contributed by atoms with Crippen LogP contribution in [0.3, 0.4) is 0 Å². The number of Topliss-reactive ketones (excluding diaryl/α,β-unsaturated/α-hetero) is 1. The summed E-state index contributed by atoms with van der Waals surface area (Å²) in [6.45, 7) is 4.59. The van der Waals surface area contributed by atoms with Gasteiger partial charge in [-0.3, -0.25) is 9.59 Å². The number of benzene rings is 2. The van der Waals surface area contributed by atoms with Gasteiger partial charge < -0.3 is 29.1 Å². The van der Waals surface area contributed by atoms with Crippen molar-refractivity contribution in [2.45, 2.75) is 12.5 Å². The number of morpholine rings is 1. The third kappa shape index (κ3) is 4.93. The monoisotopic (exact) mass is 466 g/mol. The fourth-order valence-electron chi connectivity index (χ4n) is 4.56. The first-order valence-electron chi connectivity index (χ1n) is 11.5. The quantitative estimate of drug-likeness (QED) is 0.340. The average molecular weight is 467 g/mol. The maximum atomic E-state index is 13.5. The molecular formula is C26H30N2O6. The molecule has 4 rings (SSSR count). The summed E-state index contributed by atoms with van der Waals surface area (Å²) in [7, 11) is 3.08. The second-order valence-electron chi connectivity index (χ2n) is 8.44. The Balaban J connectivity index is 1.68. The van der Waals surface area contributed by atoms with Gasteiger partial charge in [0, 0.05) is 18.5 Å². The normalized spacial score (nSPS) is 20.5. The van der Waals surface area contributed by atoms with Gasteiger partial charge in [0.05, 0.1) is 40.0 Å². The molecule has 1 unspecified atom stereocenters. The van der Waals surface area contributed by atoms with Gasteiger partial charge in [0.15, 0.2) is 0 Å². The number of methoxy groups -OCH3 is 2. The predicted molar refractivity (Wildman–Crippen MR) is 123 cm³/mol. The second-order valence-corrected chi connectivity index (χ2v) is 8.44. The molecule has 0 saturated carbocycles. The Morgan fingerprint density at radius 3 is 2.44 bits per heavy atom. The van der Waals surface area contributed by atoms with Crippen molar-refractivity contribution in [1.29, 1.82) is 0 Å². The highest BCUT2D eigenvalue weighted by molar-refractivity contribution is 6.46. The number of carbonyl (C=O) groups excluding carboxylic acids is 2. The van der Waals surface area contributed by atoms with E-state index >= 15 is 0 Å². The standard InChI is InChI=1S/C26H30N2O6/c1-32-20-9-7-18(8-10-20)23-22(24(29)19-5-3-6-21(17-19)33-2)25(30)26(31)28(23)12-4-11-27-13-15-34-16-14-27/h3,5-10,17,23,29H,4,11-16H2,1-2H3. The zero-order valence-corrected chi connectivity index (χ0v) is 19.5. The lowest BCUT2D eigenvalue weighted by atomic mass is 9.95. The summed E-state index contributed by atoms with van der Waals surface area (Å²) in [6, 6.07) is 13.0. The lowest BCUT2D eigenvalue weighted by Crippen LogP contribution is -3.14. The molecule has 0 aliphatic carbocycles. The predicted octanol–water partition coefficient (Wildman–Crippen LogP) is 0.233. The molecule has 0 aromatic heterocycles. The third-order valence-corrected chi connectivity index (χ3v) is 6.42. The topological polar surface area (TPSA) is 92.6 Å². The Labute approximate surface area is 199 Å². The smallest absolute Gasteiger partial charge is 0.295 e. The number of rotatable bonds is 8. The Morgan fingerprint density at radius 2 is 1.76 bits per heavy atom. The molecule has 1 atom stereocenters. The van der Waals surface area contributed by atoms with Crippen molar-refractivity contribution in [3.63, 3.8) is 0 Å². The van der Waals surface area contributed by atoms with Gasteiger partial charge in [-0.15, -0.1) is 0 Å². The molecule has 8 heteroatoms. The first kappa shape index (κ1) is 23.8. The van der Waals surface area contributed by atoms with Gasteiger partial charge in [-0.05, 0) is 35.4 Å². The lowest BCUT2D eigenvalue weighted by molar-refractivity contribution is -0.908. The highest BCUT2D eigenvalue weighted by Crippen LogP contribution is 2.39. The van der Waals surface area contributed by atoms with Crippen LogP contribution in [0.25, 0.3) is 5.76 Å². The lowest BCUT2D eigenvalue weighted by Gasteiger charge is -2.29. The minimum atomic E-state index is -0.746. The number of ketones is 1. The van der Waals surface area contributed by atoms with Crippen LogP contribution in [-0.4, -0.2) is 70.2 Å². The minimum absolute atomic E-state index is 0.0258. The van der Waals surface area contributed by atoms with Crippen LogP contribution in [0.5, 0.6) is 11.5 Å². The van der Waals surface area contributed by atoms with Crippen LogP contribution in [0.2, 0.25) is 0 Å². The summed E-state index contributed by atoms with van der Waals surface area (Å²) < 4.78 is 15.9. The van der Waals surface area contributed by atoms with E-state index in [0.29, 0.717) is 29.2 Å². The minimum Gasteiger partial charge on any atom is -0.872 e. The summed E-state index contributed by atoms with van der Waals surface area (Å²) in [4.78, 5) is 29.2. The molecule has 2 aromatic rings. The SMILES string of the molecule is COc1ccc(C2C(=C([O-])c3cccc(OC)c3)C(=O)C(=O)N2CCC[NH+]2CCOCC2)cc1. The van der Waals surface area contributed by atoms with Crippen molar-refractivity contribution in [3.8, 4) is 11.5 Å². The van der Waals surface area contributed by atoms with E-state index in [-0.39, 0.29) is 5.57 Å². The van der Waals surface area contributed by atoms with E-state index in [1.165, 1.54) is 16.9 Å². The molecule has 180 valence electrons. The van der Waals surface area contributed by atoms with Crippen LogP contribution in [0.1, 0.15) is 23.6 Å². The average Bonchev–Trinajstić information content (AvgIpc) is 3.14. The molecule has 0 radical (unpaired) electrons. The molecular weight excluding hydrogens is 436 g/mol. The Kier molecular flexibility index (Phi) is 7.49. The zero-order valence-electron chi connectivity index (χ0n) is 19.5. The van der Waals surface area contributed by atoms with E-state index in [9.17, 15) is 14.7 Å². The van der Waals surface area contributed by atoms with Gasteiger partial charge in [-0.1, -0.05) is 30.0 Å². The molecule has 2 aromatic carbocycles. The van der Waals surface area contributed by atoms with Gasteiger partial charge in [0.25, 0.3) is 5.91 Å². The number of ether oxygens (including phenoxy) is 3. The van der Waals surface area contributed by atoms with Gasteiger partial charge in [0.2, 0.25) is 5.78 Å². The number of likely N-dealkylation sites (tertiary alicyclic amines) is 1. The Bertz CT molecular complexity index is 1060. The van der Waals surface area contributed by atoms with E-state index < -0.39 is 23.5 Å². The molecule has 0 spiro atoms. The molecule has 34 heavy (non-hydrogen) atoms. The van der Waals surface area contributed by atoms with Gasteiger partial charge in [0.1, 0.15) is 24.6 Å². The Morgan fingerprint density at radius 1 is 1.06 bits per heavy atom. The molecule has 2 aliphatic heterocycles. The van der Waals surface area contributed by atoms with Gasteiger partial charge >= 0.3 is 0 Å². The molecule has 0 bridgehead atoms. The molecule has 2 aliphatic rings. The highest BCUT2D eigenvalue weighted by Gasteiger charge is 2.44. The molecule has 2 heterocycles. The third-order valence-electron chi connectivity index (χ3n) is 6.42. The van der Waals surface area contributed by atoms with E-state index in [4.69, 9.17) is 14.2 Å². The largest absolute Gasteiger partial charge is 0.872 e. The second kappa shape index (κ2) is 10.7. The zero-order chi connectivity index (χ0) is 24.1. The van der Waals surface area contributed by atoms with Crippen LogP contribution in [0.15, 0.2) is 54.1 Å². The van der Waals surface area contributed by atoms with Crippen LogP contribution in [0, 0.1) is 0 Å². The number of nitrogens with one attached hydrogen (secondary N) is 1. The number of nitrogens with zero attached hydrogens (tertiary/aromatic N) is 1. The Hall–Kier alpha value is -3.36. The molecule has 8 nitrogen and oxygen atoms in total. The van der Waals surface area contributed by atoms with Crippen LogP contribution >= 0.6 is 0 Å². The highest BCUT2D eigenvalue weighted by atomic mass is 16.5. The van der Waals surface area contributed by atoms with Crippen molar-refractivity contribution in [3.05, 3.63) is 65.2 Å². The maximum absolute atomic E-state index is 13.5. The van der Waals surface area contributed by atoms with E-state index in [1.54, 1.807) is 55.6 Å². The number of hydrogen-bond donors (Lipinski definition) is 1. The number of quaternary nitrogens is 1. The number of carbonyl (C=O) groups is 2. The summed E-state index contributed by atoms with van der Waals surface area (Å²) >= 11 is 0. The molecule has 2 fully saturated rings. The maximum Gasteiger partial charge on any atom is 0.295 e. The molecule has 1 amide bonds. The van der Waals surface area contributed by atoms with Gasteiger partial charge in [-0.25, -0.2) is 0 Å². The summed E-state index contributed by atoms with van der Waals surface area (Å²) in [5.41, 5.74) is 0.987. The number of amides is 1. The van der Waals surface area contributed by atoms with Crippen LogP contribution < -0.4 is 19.5 Å². The summed E-state index contributed by atoms with van der Waals surface area (Å²) in [5.74, 6) is -0.673. The van der Waals surface area contributed by atoms with E-state index in [0.717, 1.165) is 39.3 Å². The molecule has 1 N–H and O–H groups in total. The first-order chi connectivity index (χ1) is 16.5.